The molecule has 0 spiro atoms. The molecular formula is C15H20N2O3S. The average molecular weight is 308 g/mol. The summed E-state index contributed by atoms with van der Waals surface area (Å²) >= 11 is 1.23. The summed E-state index contributed by atoms with van der Waals surface area (Å²) in [5, 5.41) is 9.88. The van der Waals surface area contributed by atoms with Crippen molar-refractivity contribution in [3.05, 3.63) is 10.6 Å². The van der Waals surface area contributed by atoms with Crippen molar-refractivity contribution in [2.24, 2.45) is 11.8 Å². The summed E-state index contributed by atoms with van der Waals surface area (Å²) in [5.41, 5.74) is -0.0896. The van der Waals surface area contributed by atoms with Crippen LogP contribution in [-0.2, 0) is 0 Å². The Hall–Kier alpha value is -1.43. The standard InChI is InChI=1S/C15H20N2O3S/c1-9(18)13-12(14(19)20)16-15(21-13)17-7-6-10-4-2-3-5-11(10)8-17/h10-11H,2-8H2,1H3,(H,19,20). The molecule has 0 bridgehead atoms. The predicted octanol–water partition coefficient (Wildman–Crippen LogP) is 3.06. The molecule has 1 aromatic rings. The van der Waals surface area contributed by atoms with Crippen LogP contribution in [0.5, 0.6) is 0 Å². The van der Waals surface area contributed by atoms with Gasteiger partial charge in [0.15, 0.2) is 16.6 Å². The van der Waals surface area contributed by atoms with Crippen molar-refractivity contribution in [3.63, 3.8) is 0 Å². The summed E-state index contributed by atoms with van der Waals surface area (Å²) in [6.07, 6.45) is 6.39. The number of thiazole rings is 1. The Morgan fingerprint density at radius 1 is 1.24 bits per heavy atom. The molecule has 21 heavy (non-hydrogen) atoms. The van der Waals surface area contributed by atoms with Crippen LogP contribution in [0.15, 0.2) is 0 Å². The average Bonchev–Trinajstić information content (AvgIpc) is 2.92. The second-order valence-electron chi connectivity index (χ2n) is 6.07. The van der Waals surface area contributed by atoms with E-state index in [9.17, 15) is 14.7 Å². The van der Waals surface area contributed by atoms with Crippen LogP contribution in [0.25, 0.3) is 0 Å². The van der Waals surface area contributed by atoms with Crippen molar-refractivity contribution in [1.29, 1.82) is 0 Å². The fraction of sp³-hybridized carbons (Fsp3) is 0.667. The number of carboxylic acids is 1. The van der Waals surface area contributed by atoms with Gasteiger partial charge in [-0.2, -0.15) is 0 Å². The highest BCUT2D eigenvalue weighted by Gasteiger charge is 2.33. The van der Waals surface area contributed by atoms with E-state index in [0.717, 1.165) is 25.4 Å². The normalized spacial score (nSPS) is 25.5. The molecule has 1 aromatic heterocycles. The highest BCUT2D eigenvalue weighted by atomic mass is 32.1. The monoisotopic (exact) mass is 308 g/mol. The number of piperidine rings is 1. The van der Waals surface area contributed by atoms with Gasteiger partial charge in [0.05, 0.1) is 0 Å². The van der Waals surface area contributed by atoms with Crippen LogP contribution in [0.2, 0.25) is 0 Å². The number of carbonyl (C=O) groups is 2. The molecule has 2 unspecified atom stereocenters. The molecule has 1 aliphatic heterocycles. The van der Waals surface area contributed by atoms with Gasteiger partial charge in [-0.25, -0.2) is 9.78 Å². The Kier molecular flexibility index (Phi) is 3.97. The number of carboxylic acid groups (broad SMARTS) is 1. The Morgan fingerprint density at radius 2 is 1.95 bits per heavy atom. The van der Waals surface area contributed by atoms with Crippen molar-refractivity contribution in [2.75, 3.05) is 18.0 Å². The number of carbonyl (C=O) groups excluding carboxylic acids is 1. The smallest absolute Gasteiger partial charge is 0.356 e. The summed E-state index contributed by atoms with van der Waals surface area (Å²) in [6, 6.07) is 0. The lowest BCUT2D eigenvalue weighted by atomic mass is 9.75. The molecular weight excluding hydrogens is 288 g/mol. The summed E-state index contributed by atoms with van der Waals surface area (Å²) in [6.45, 7) is 3.27. The van der Waals surface area contributed by atoms with Gasteiger partial charge in [-0.05, 0) is 24.7 Å². The number of hydrogen-bond donors (Lipinski definition) is 1. The van der Waals surface area contributed by atoms with E-state index in [4.69, 9.17) is 0 Å². The van der Waals surface area contributed by atoms with Crippen molar-refractivity contribution in [2.45, 2.75) is 39.0 Å². The summed E-state index contributed by atoms with van der Waals surface area (Å²) in [7, 11) is 0. The maximum Gasteiger partial charge on any atom is 0.356 e. The molecule has 1 aliphatic carbocycles. The van der Waals surface area contributed by atoms with E-state index in [1.807, 2.05) is 0 Å². The molecule has 1 N–H and O–H groups in total. The van der Waals surface area contributed by atoms with E-state index in [0.29, 0.717) is 11.0 Å². The lowest BCUT2D eigenvalue weighted by Gasteiger charge is -2.41. The first-order chi connectivity index (χ1) is 10.1. The van der Waals surface area contributed by atoms with E-state index < -0.39 is 5.97 Å². The lowest BCUT2D eigenvalue weighted by molar-refractivity contribution is 0.0687. The number of ketones is 1. The molecule has 0 radical (unpaired) electrons. The van der Waals surface area contributed by atoms with Crippen molar-refractivity contribution in [1.82, 2.24) is 4.98 Å². The molecule has 1 saturated carbocycles. The molecule has 2 atom stereocenters. The summed E-state index contributed by atoms with van der Waals surface area (Å²) < 4.78 is 0. The van der Waals surface area contributed by atoms with E-state index >= 15 is 0 Å². The van der Waals surface area contributed by atoms with Gasteiger partial charge in [-0.15, -0.1) is 0 Å². The Balaban J connectivity index is 1.82. The fourth-order valence-electron chi connectivity index (χ4n) is 3.60. The summed E-state index contributed by atoms with van der Waals surface area (Å²) in [5.74, 6) is 0.186. The third-order valence-corrected chi connectivity index (χ3v) is 5.92. The molecule has 2 heterocycles. The van der Waals surface area contributed by atoms with Crippen molar-refractivity contribution < 1.29 is 14.7 Å². The first kappa shape index (κ1) is 14.5. The fourth-order valence-corrected chi connectivity index (χ4v) is 4.59. The minimum absolute atomic E-state index is 0.0896. The number of fused-ring (bicyclic) bond motifs is 1. The minimum Gasteiger partial charge on any atom is -0.476 e. The number of hydrogen-bond acceptors (Lipinski definition) is 5. The number of nitrogens with zero attached hydrogens (tertiary/aromatic N) is 2. The Labute approximate surface area is 128 Å². The molecule has 5 nitrogen and oxygen atoms in total. The van der Waals surface area contributed by atoms with Gasteiger partial charge in [-0.3, -0.25) is 4.79 Å². The topological polar surface area (TPSA) is 70.5 Å². The Morgan fingerprint density at radius 3 is 2.57 bits per heavy atom. The highest BCUT2D eigenvalue weighted by molar-refractivity contribution is 7.17. The molecule has 3 rings (SSSR count). The lowest BCUT2D eigenvalue weighted by Crippen LogP contribution is -2.41. The maximum absolute atomic E-state index is 11.6. The predicted molar refractivity (Wildman–Crippen MR) is 81.4 cm³/mol. The number of Topliss-reactive ketones (excluding diaryl/α,β-unsaturated/α-hetero) is 1. The summed E-state index contributed by atoms with van der Waals surface area (Å²) in [4.78, 5) is 29.5. The van der Waals surface area contributed by atoms with Gasteiger partial charge in [0.2, 0.25) is 0 Å². The zero-order chi connectivity index (χ0) is 15.0. The zero-order valence-electron chi connectivity index (χ0n) is 12.2. The zero-order valence-corrected chi connectivity index (χ0v) is 13.0. The number of anilines is 1. The third-order valence-electron chi connectivity index (χ3n) is 4.70. The van der Waals surface area contributed by atoms with E-state index in [-0.39, 0.29) is 16.4 Å². The minimum atomic E-state index is -1.12. The number of aromatic nitrogens is 1. The van der Waals surface area contributed by atoms with E-state index in [1.54, 1.807) is 0 Å². The van der Waals surface area contributed by atoms with Crippen LogP contribution in [0.4, 0.5) is 5.13 Å². The maximum atomic E-state index is 11.6. The van der Waals surface area contributed by atoms with Gasteiger partial charge < -0.3 is 10.0 Å². The molecule has 1 saturated heterocycles. The van der Waals surface area contributed by atoms with Gasteiger partial charge in [0.1, 0.15) is 4.88 Å². The molecule has 0 aromatic carbocycles. The second-order valence-corrected chi connectivity index (χ2v) is 7.05. The molecule has 114 valence electrons. The van der Waals surface area contributed by atoms with Crippen molar-refractivity contribution >= 4 is 28.2 Å². The highest BCUT2D eigenvalue weighted by Crippen LogP contribution is 2.38. The van der Waals surface area contributed by atoms with E-state index in [2.05, 4.69) is 9.88 Å². The first-order valence-corrected chi connectivity index (χ1v) is 8.38. The van der Waals surface area contributed by atoms with Crippen LogP contribution in [-0.4, -0.2) is 34.9 Å². The van der Waals surface area contributed by atoms with Crippen LogP contribution >= 0.6 is 11.3 Å². The molecule has 0 amide bonds. The SMILES string of the molecule is CC(=O)c1sc(N2CCC3CCCCC3C2)nc1C(=O)O. The molecule has 6 heteroatoms. The van der Waals surface area contributed by atoms with Crippen molar-refractivity contribution in [3.8, 4) is 0 Å². The van der Waals surface area contributed by atoms with Gasteiger partial charge in [0.25, 0.3) is 0 Å². The quantitative estimate of drug-likeness (QED) is 0.869. The largest absolute Gasteiger partial charge is 0.476 e. The van der Waals surface area contributed by atoms with Crippen LogP contribution < -0.4 is 4.90 Å². The van der Waals surface area contributed by atoms with Gasteiger partial charge >= 0.3 is 5.97 Å². The van der Waals surface area contributed by atoms with Crippen LogP contribution in [0.3, 0.4) is 0 Å². The Bertz CT molecular complexity index is 538. The second kappa shape index (κ2) is 5.75. The van der Waals surface area contributed by atoms with Crippen LogP contribution in [0, 0.1) is 11.8 Å². The van der Waals surface area contributed by atoms with Crippen LogP contribution in [0.1, 0.15) is 59.2 Å². The molecule has 2 fully saturated rings. The van der Waals surface area contributed by atoms with E-state index in [1.165, 1.54) is 43.9 Å². The third kappa shape index (κ3) is 2.81. The van der Waals surface area contributed by atoms with Gasteiger partial charge in [0, 0.05) is 20.0 Å². The first-order valence-electron chi connectivity index (χ1n) is 7.56. The number of rotatable bonds is 3. The van der Waals surface area contributed by atoms with Gasteiger partial charge in [-0.1, -0.05) is 30.6 Å². The molecule has 2 aliphatic rings. The number of aromatic carboxylic acids is 1.